The van der Waals surface area contributed by atoms with E-state index in [0.29, 0.717) is 37.6 Å². The van der Waals surface area contributed by atoms with E-state index in [-0.39, 0.29) is 5.91 Å². The Kier molecular flexibility index (Phi) is 5.26. The number of amides is 2. The lowest BCUT2D eigenvalue weighted by atomic mass is 9.75. The zero-order chi connectivity index (χ0) is 23.2. The summed E-state index contributed by atoms with van der Waals surface area (Å²) < 4.78 is 7.01. The normalized spacial score (nSPS) is 16.1. The fourth-order valence-corrected chi connectivity index (χ4v) is 5.28. The Hall–Kier alpha value is -3.50. The lowest BCUT2D eigenvalue weighted by Gasteiger charge is -2.45. The van der Waals surface area contributed by atoms with Gasteiger partial charge in [-0.3, -0.25) is 4.79 Å². The number of hydrogen-bond acceptors (Lipinski definition) is 4. The van der Waals surface area contributed by atoms with Gasteiger partial charge in [0.25, 0.3) is 0 Å². The van der Waals surface area contributed by atoms with Crippen LogP contribution in [0.2, 0.25) is 5.02 Å². The molecule has 7 nitrogen and oxygen atoms in total. The number of unbranched alkanes of at least 4 members (excludes halogenated alkanes) is 1. The smallest absolute Gasteiger partial charge is 0.409 e. The molecule has 3 aromatic rings. The molecule has 1 aromatic heterocycles. The molecule has 2 amide bonds. The van der Waals surface area contributed by atoms with Crippen molar-refractivity contribution in [1.29, 1.82) is 5.26 Å². The minimum atomic E-state index is -0.730. The molecule has 3 heterocycles. The van der Waals surface area contributed by atoms with E-state index in [1.54, 1.807) is 4.90 Å². The van der Waals surface area contributed by atoms with E-state index in [1.807, 2.05) is 47.4 Å². The van der Waals surface area contributed by atoms with E-state index in [4.69, 9.17) is 21.6 Å². The molecule has 0 saturated carbocycles. The maximum Gasteiger partial charge on any atom is 0.409 e. The van der Waals surface area contributed by atoms with Crippen LogP contribution in [0, 0.1) is 11.3 Å². The third kappa shape index (κ3) is 3.33. The van der Waals surface area contributed by atoms with Crippen molar-refractivity contribution in [3.05, 3.63) is 64.8 Å². The van der Waals surface area contributed by atoms with Crippen molar-refractivity contribution >= 4 is 40.2 Å². The molecule has 8 heteroatoms. The summed E-state index contributed by atoms with van der Waals surface area (Å²) in [7, 11) is 1.35. The molecule has 5 rings (SSSR count). The minimum absolute atomic E-state index is 0.00397. The van der Waals surface area contributed by atoms with Gasteiger partial charge in [0.1, 0.15) is 5.41 Å². The highest BCUT2D eigenvalue weighted by molar-refractivity contribution is 6.31. The largest absolute Gasteiger partial charge is 0.453 e. The summed E-state index contributed by atoms with van der Waals surface area (Å²) in [4.78, 5) is 29.1. The number of anilines is 1. The van der Waals surface area contributed by atoms with E-state index in [1.165, 1.54) is 7.11 Å². The van der Waals surface area contributed by atoms with Crippen LogP contribution in [-0.4, -0.2) is 41.7 Å². The molecule has 2 aromatic carbocycles. The third-order valence-electron chi connectivity index (χ3n) is 6.66. The molecule has 2 aliphatic heterocycles. The Morgan fingerprint density at radius 2 is 2.00 bits per heavy atom. The second-order valence-electron chi connectivity index (χ2n) is 8.57. The van der Waals surface area contributed by atoms with Gasteiger partial charge < -0.3 is 19.1 Å². The molecule has 0 N–H and O–H groups in total. The molecule has 1 saturated heterocycles. The summed E-state index contributed by atoms with van der Waals surface area (Å²) in [5.74, 6) is -0.00397. The molecule has 0 aliphatic carbocycles. The van der Waals surface area contributed by atoms with Crippen molar-refractivity contribution in [2.24, 2.45) is 0 Å². The van der Waals surface area contributed by atoms with Crippen LogP contribution in [0.4, 0.5) is 10.5 Å². The second kappa shape index (κ2) is 8.13. The molecule has 0 atom stereocenters. The fourth-order valence-electron chi connectivity index (χ4n) is 5.09. The van der Waals surface area contributed by atoms with Gasteiger partial charge in [-0.1, -0.05) is 29.8 Å². The van der Waals surface area contributed by atoms with Gasteiger partial charge in [-0.2, -0.15) is 5.26 Å². The van der Waals surface area contributed by atoms with Crippen molar-refractivity contribution in [2.75, 3.05) is 25.1 Å². The van der Waals surface area contributed by atoms with Gasteiger partial charge in [-0.25, -0.2) is 4.79 Å². The van der Waals surface area contributed by atoms with Gasteiger partial charge in [0.05, 0.1) is 19.7 Å². The molecule has 1 spiro atoms. The quantitative estimate of drug-likeness (QED) is 0.524. The topological polar surface area (TPSA) is 78.6 Å². The molecule has 0 radical (unpaired) electrons. The predicted octanol–water partition coefficient (Wildman–Crippen LogP) is 4.47. The number of carbonyl (C=O) groups excluding carboxylic acids is 2. The van der Waals surface area contributed by atoms with E-state index < -0.39 is 11.5 Å². The number of rotatable bonds is 5. The Labute approximate surface area is 196 Å². The van der Waals surface area contributed by atoms with E-state index in [0.717, 1.165) is 34.3 Å². The minimum Gasteiger partial charge on any atom is -0.453 e. The zero-order valence-electron chi connectivity index (χ0n) is 18.3. The van der Waals surface area contributed by atoms with Crippen LogP contribution >= 0.6 is 11.6 Å². The van der Waals surface area contributed by atoms with Crippen LogP contribution in [0.15, 0.2) is 48.5 Å². The Bertz CT molecular complexity index is 1300. The molecular weight excluding hydrogens is 440 g/mol. The first-order valence-corrected chi connectivity index (χ1v) is 11.3. The molecule has 0 unspecified atom stereocenters. The van der Waals surface area contributed by atoms with Crippen molar-refractivity contribution in [3.63, 3.8) is 0 Å². The van der Waals surface area contributed by atoms with Gasteiger partial charge in [0, 0.05) is 53.4 Å². The number of methoxy groups -OCH3 is 1. The standard InChI is InChI=1S/C25H23ClN4O3/c1-33-24(32)28-15-25(16-28)20-6-2-3-7-22(20)30(23(25)31)14-19-13-17-12-18(26)8-9-21(17)29(19)11-5-4-10-27/h2-3,6-9,12-13H,4-5,11,14-16H2,1H3. The second-order valence-corrected chi connectivity index (χ2v) is 9.01. The lowest BCUT2D eigenvalue weighted by Crippen LogP contribution is -2.65. The summed E-state index contributed by atoms with van der Waals surface area (Å²) in [6.07, 6.45) is 0.766. The summed E-state index contributed by atoms with van der Waals surface area (Å²) in [5, 5.41) is 10.6. The number of likely N-dealkylation sites (tertiary alicyclic amines) is 1. The van der Waals surface area contributed by atoms with Gasteiger partial charge >= 0.3 is 6.09 Å². The number of aromatic nitrogens is 1. The average Bonchev–Trinajstić information content (AvgIpc) is 3.25. The third-order valence-corrected chi connectivity index (χ3v) is 6.89. The highest BCUT2D eigenvalue weighted by atomic mass is 35.5. The number of hydrogen-bond donors (Lipinski definition) is 0. The predicted molar refractivity (Wildman–Crippen MR) is 125 cm³/mol. The number of aryl methyl sites for hydroxylation is 1. The molecule has 168 valence electrons. The number of para-hydroxylation sites is 1. The summed E-state index contributed by atoms with van der Waals surface area (Å²) in [6, 6.07) is 17.8. The average molecular weight is 463 g/mol. The maximum atomic E-state index is 13.7. The monoisotopic (exact) mass is 462 g/mol. The lowest BCUT2D eigenvalue weighted by molar-refractivity contribution is -0.128. The van der Waals surface area contributed by atoms with Crippen LogP contribution in [0.1, 0.15) is 24.1 Å². The molecule has 0 bridgehead atoms. The zero-order valence-corrected chi connectivity index (χ0v) is 19.0. The molecular formula is C25H23ClN4O3. The van der Waals surface area contributed by atoms with Crippen molar-refractivity contribution < 1.29 is 14.3 Å². The Morgan fingerprint density at radius 3 is 2.76 bits per heavy atom. The Morgan fingerprint density at radius 1 is 1.21 bits per heavy atom. The summed E-state index contributed by atoms with van der Waals surface area (Å²) in [5.41, 5.74) is 3.10. The number of fused-ring (bicyclic) bond motifs is 3. The number of halogens is 1. The number of benzene rings is 2. The first-order chi connectivity index (χ1) is 16.0. The number of nitrogens with zero attached hydrogens (tertiary/aromatic N) is 4. The van der Waals surface area contributed by atoms with Crippen molar-refractivity contribution in [3.8, 4) is 6.07 Å². The van der Waals surface area contributed by atoms with E-state index in [2.05, 4.69) is 16.7 Å². The van der Waals surface area contributed by atoms with Gasteiger partial charge in [0.2, 0.25) is 5.91 Å². The van der Waals surface area contributed by atoms with E-state index in [9.17, 15) is 9.59 Å². The number of nitriles is 1. The van der Waals surface area contributed by atoms with Gasteiger partial charge in [0.15, 0.2) is 0 Å². The first-order valence-electron chi connectivity index (χ1n) is 10.9. The molecule has 2 aliphatic rings. The Balaban J connectivity index is 1.51. The van der Waals surface area contributed by atoms with Crippen LogP contribution in [0.5, 0.6) is 0 Å². The van der Waals surface area contributed by atoms with E-state index >= 15 is 0 Å². The number of ether oxygens (including phenoxy) is 1. The molecule has 1 fully saturated rings. The van der Waals surface area contributed by atoms with Gasteiger partial charge in [-0.15, -0.1) is 0 Å². The summed E-state index contributed by atoms with van der Waals surface area (Å²) >= 11 is 6.22. The van der Waals surface area contributed by atoms with Gasteiger partial charge in [-0.05, 0) is 42.3 Å². The first kappa shape index (κ1) is 21.4. The maximum absolute atomic E-state index is 13.7. The number of carbonyl (C=O) groups is 2. The highest BCUT2D eigenvalue weighted by Gasteiger charge is 2.59. The van der Waals surface area contributed by atoms with Crippen LogP contribution in [-0.2, 0) is 28.0 Å². The summed E-state index contributed by atoms with van der Waals surface area (Å²) in [6.45, 7) is 1.70. The molecule has 33 heavy (non-hydrogen) atoms. The SMILES string of the molecule is COC(=O)N1CC2(C1)C(=O)N(Cc1cc3cc(Cl)ccc3n1CCCC#N)c1ccccc12. The van der Waals surface area contributed by atoms with Crippen LogP contribution in [0.25, 0.3) is 10.9 Å². The van der Waals surface area contributed by atoms with Crippen LogP contribution < -0.4 is 4.90 Å². The van der Waals surface area contributed by atoms with Crippen molar-refractivity contribution in [2.45, 2.75) is 31.3 Å². The highest BCUT2D eigenvalue weighted by Crippen LogP contribution is 2.48. The fraction of sp³-hybridized carbons (Fsp3) is 0.320. The van der Waals surface area contributed by atoms with Crippen molar-refractivity contribution in [1.82, 2.24) is 9.47 Å². The van der Waals surface area contributed by atoms with Crippen LogP contribution in [0.3, 0.4) is 0 Å².